The molecule has 110 valence electrons. The molecule has 0 aliphatic carbocycles. The fourth-order valence-electron chi connectivity index (χ4n) is 3.00. The molecule has 1 aliphatic rings. The topological polar surface area (TPSA) is 40.5 Å². The lowest BCUT2D eigenvalue weighted by Crippen LogP contribution is -2.42. The van der Waals surface area contributed by atoms with Crippen molar-refractivity contribution in [3.63, 3.8) is 0 Å². The van der Waals surface area contributed by atoms with Crippen LogP contribution in [0.1, 0.15) is 49.9 Å². The molecule has 0 saturated carbocycles. The summed E-state index contributed by atoms with van der Waals surface area (Å²) in [5, 5.41) is 9.91. The fourth-order valence-corrected chi connectivity index (χ4v) is 3.35. The zero-order valence-electron chi connectivity index (χ0n) is 12.2. The van der Waals surface area contributed by atoms with Gasteiger partial charge in [-0.15, -0.1) is 0 Å². The number of nitrogens with zero attached hydrogens (tertiary/aromatic N) is 1. The van der Waals surface area contributed by atoms with Gasteiger partial charge in [-0.05, 0) is 36.5 Å². The molecule has 1 aromatic carbocycles. The van der Waals surface area contributed by atoms with Gasteiger partial charge in [0.2, 0.25) is 0 Å². The summed E-state index contributed by atoms with van der Waals surface area (Å²) in [6.07, 6.45) is 4.47. The lowest BCUT2D eigenvalue weighted by molar-refractivity contribution is 0.0555. The van der Waals surface area contributed by atoms with Gasteiger partial charge in [0.05, 0.1) is 5.56 Å². The molecule has 1 fully saturated rings. The zero-order chi connectivity index (χ0) is 14.8. The van der Waals surface area contributed by atoms with Crippen molar-refractivity contribution in [2.75, 3.05) is 13.1 Å². The summed E-state index contributed by atoms with van der Waals surface area (Å²) in [6, 6.07) is 5.04. The van der Waals surface area contributed by atoms with Crippen LogP contribution in [0.15, 0.2) is 22.7 Å². The Balaban J connectivity index is 2.09. The first kappa shape index (κ1) is 15.4. The van der Waals surface area contributed by atoms with Crippen LogP contribution in [-0.4, -0.2) is 29.0 Å². The van der Waals surface area contributed by atoms with E-state index in [2.05, 4.69) is 29.8 Å². The largest absolute Gasteiger partial charge is 0.507 e. The van der Waals surface area contributed by atoms with Crippen molar-refractivity contribution >= 4 is 21.8 Å². The monoisotopic (exact) mass is 339 g/mol. The van der Waals surface area contributed by atoms with E-state index in [-0.39, 0.29) is 11.7 Å². The predicted molar refractivity (Wildman–Crippen MR) is 84.0 cm³/mol. The first-order valence-electron chi connectivity index (χ1n) is 7.29. The van der Waals surface area contributed by atoms with Crippen LogP contribution < -0.4 is 0 Å². The van der Waals surface area contributed by atoms with Gasteiger partial charge in [0.15, 0.2) is 0 Å². The second-order valence-corrected chi connectivity index (χ2v) is 6.58. The van der Waals surface area contributed by atoms with Crippen molar-refractivity contribution < 1.29 is 9.90 Å². The molecule has 0 radical (unpaired) electrons. The standard InChI is InChI=1S/C16H22BrNO2/c1-3-16(4-2)7-9-18(10-8-16)15(20)13-6-5-12(17)11-14(13)19/h5-6,11,19H,3-4,7-10H2,1-2H3. The summed E-state index contributed by atoms with van der Waals surface area (Å²) >= 11 is 3.29. The van der Waals surface area contributed by atoms with E-state index in [1.165, 1.54) is 12.8 Å². The number of carbonyl (C=O) groups excluding carboxylic acids is 1. The lowest BCUT2D eigenvalue weighted by atomic mass is 9.74. The summed E-state index contributed by atoms with van der Waals surface area (Å²) in [5.41, 5.74) is 0.798. The van der Waals surface area contributed by atoms with Crippen LogP contribution in [0.5, 0.6) is 5.75 Å². The maximum Gasteiger partial charge on any atom is 0.257 e. The average molecular weight is 340 g/mol. The molecule has 1 amide bonds. The van der Waals surface area contributed by atoms with Crippen molar-refractivity contribution in [2.24, 2.45) is 5.41 Å². The molecule has 3 nitrogen and oxygen atoms in total. The number of piperidine rings is 1. The van der Waals surface area contributed by atoms with Crippen LogP contribution >= 0.6 is 15.9 Å². The Kier molecular flexibility index (Phi) is 4.74. The summed E-state index contributed by atoms with van der Waals surface area (Å²) in [5.74, 6) is -0.0111. The number of rotatable bonds is 3. The van der Waals surface area contributed by atoms with E-state index in [0.29, 0.717) is 11.0 Å². The molecule has 0 atom stereocenters. The first-order chi connectivity index (χ1) is 9.51. The van der Waals surface area contributed by atoms with Gasteiger partial charge in [-0.2, -0.15) is 0 Å². The molecular weight excluding hydrogens is 318 g/mol. The number of carbonyl (C=O) groups is 1. The van der Waals surface area contributed by atoms with Crippen molar-refractivity contribution in [3.8, 4) is 5.75 Å². The van der Waals surface area contributed by atoms with E-state index in [4.69, 9.17) is 0 Å². The minimum absolute atomic E-state index is 0.0483. The highest BCUT2D eigenvalue weighted by Crippen LogP contribution is 2.38. The highest BCUT2D eigenvalue weighted by atomic mass is 79.9. The molecule has 20 heavy (non-hydrogen) atoms. The molecule has 0 spiro atoms. The summed E-state index contributed by atoms with van der Waals surface area (Å²) in [6.45, 7) is 6.05. The summed E-state index contributed by atoms with van der Waals surface area (Å²) < 4.78 is 0.779. The average Bonchev–Trinajstić information content (AvgIpc) is 2.47. The molecule has 1 aromatic rings. The number of phenolic OH excluding ortho intramolecular Hbond substituents is 1. The lowest BCUT2D eigenvalue weighted by Gasteiger charge is -2.41. The van der Waals surface area contributed by atoms with Crippen molar-refractivity contribution in [2.45, 2.75) is 39.5 Å². The molecule has 1 heterocycles. The Morgan fingerprint density at radius 2 is 1.90 bits per heavy atom. The molecule has 1 N–H and O–H groups in total. The van der Waals surface area contributed by atoms with Gasteiger partial charge < -0.3 is 10.0 Å². The maximum absolute atomic E-state index is 12.5. The third kappa shape index (κ3) is 3.00. The maximum atomic E-state index is 12.5. The zero-order valence-corrected chi connectivity index (χ0v) is 13.7. The number of benzene rings is 1. The van der Waals surface area contributed by atoms with Crippen LogP contribution in [0.3, 0.4) is 0 Å². The molecule has 0 aromatic heterocycles. The van der Waals surface area contributed by atoms with Gasteiger partial charge in [0.25, 0.3) is 5.91 Å². The number of likely N-dealkylation sites (tertiary alicyclic amines) is 1. The molecular formula is C16H22BrNO2. The highest BCUT2D eigenvalue weighted by Gasteiger charge is 2.33. The van der Waals surface area contributed by atoms with Crippen molar-refractivity contribution in [1.29, 1.82) is 0 Å². The Morgan fingerprint density at radius 3 is 2.40 bits per heavy atom. The number of hydrogen-bond donors (Lipinski definition) is 1. The molecule has 0 bridgehead atoms. The van der Waals surface area contributed by atoms with Gasteiger partial charge >= 0.3 is 0 Å². The third-order valence-corrected chi connectivity index (χ3v) is 5.29. The third-order valence-electron chi connectivity index (χ3n) is 4.80. The summed E-state index contributed by atoms with van der Waals surface area (Å²) in [4.78, 5) is 14.3. The van der Waals surface area contributed by atoms with Crippen LogP contribution in [0.4, 0.5) is 0 Å². The number of phenols is 1. The van der Waals surface area contributed by atoms with E-state index in [0.717, 1.165) is 30.4 Å². The predicted octanol–water partition coefficient (Wildman–Crippen LogP) is 4.20. The highest BCUT2D eigenvalue weighted by molar-refractivity contribution is 9.10. The Labute approximate surface area is 129 Å². The second kappa shape index (κ2) is 6.17. The molecule has 2 rings (SSSR count). The minimum atomic E-state index is -0.0594. The molecule has 1 saturated heterocycles. The van der Waals surface area contributed by atoms with Gasteiger partial charge in [0, 0.05) is 17.6 Å². The van der Waals surface area contributed by atoms with Crippen LogP contribution in [0.2, 0.25) is 0 Å². The van der Waals surface area contributed by atoms with Gasteiger partial charge in [-0.3, -0.25) is 4.79 Å². The Bertz CT molecular complexity index is 487. The second-order valence-electron chi connectivity index (χ2n) is 5.66. The van der Waals surface area contributed by atoms with Gasteiger partial charge in [-0.1, -0.05) is 42.6 Å². The van der Waals surface area contributed by atoms with Crippen LogP contribution in [-0.2, 0) is 0 Å². The number of amides is 1. The van der Waals surface area contributed by atoms with E-state index in [1.807, 2.05) is 4.90 Å². The SMILES string of the molecule is CCC1(CC)CCN(C(=O)c2ccc(Br)cc2O)CC1. The van der Waals surface area contributed by atoms with E-state index in [1.54, 1.807) is 18.2 Å². The van der Waals surface area contributed by atoms with E-state index < -0.39 is 0 Å². The smallest absolute Gasteiger partial charge is 0.257 e. The van der Waals surface area contributed by atoms with E-state index in [9.17, 15) is 9.90 Å². The Morgan fingerprint density at radius 1 is 1.30 bits per heavy atom. The van der Waals surface area contributed by atoms with Crippen LogP contribution in [0, 0.1) is 5.41 Å². The quantitative estimate of drug-likeness (QED) is 0.896. The molecule has 0 unspecified atom stereocenters. The minimum Gasteiger partial charge on any atom is -0.507 e. The van der Waals surface area contributed by atoms with Crippen LogP contribution in [0.25, 0.3) is 0 Å². The normalized spacial score (nSPS) is 18.1. The fraction of sp³-hybridized carbons (Fsp3) is 0.562. The Hall–Kier alpha value is -1.03. The van der Waals surface area contributed by atoms with Crippen molar-refractivity contribution in [3.05, 3.63) is 28.2 Å². The van der Waals surface area contributed by atoms with Gasteiger partial charge in [0.1, 0.15) is 5.75 Å². The number of aromatic hydroxyl groups is 1. The number of halogens is 1. The van der Waals surface area contributed by atoms with Gasteiger partial charge in [-0.25, -0.2) is 0 Å². The van der Waals surface area contributed by atoms with Crippen molar-refractivity contribution in [1.82, 2.24) is 4.90 Å². The molecule has 4 heteroatoms. The first-order valence-corrected chi connectivity index (χ1v) is 8.08. The number of hydrogen-bond acceptors (Lipinski definition) is 2. The summed E-state index contributed by atoms with van der Waals surface area (Å²) in [7, 11) is 0. The van der Waals surface area contributed by atoms with E-state index >= 15 is 0 Å². The molecule has 1 aliphatic heterocycles.